The van der Waals surface area contributed by atoms with Gasteiger partial charge in [-0.15, -0.1) is 0 Å². The van der Waals surface area contributed by atoms with E-state index >= 15 is 0 Å². The third-order valence-corrected chi connectivity index (χ3v) is 4.66. The predicted octanol–water partition coefficient (Wildman–Crippen LogP) is 2.07. The third kappa shape index (κ3) is 9.63. The summed E-state index contributed by atoms with van der Waals surface area (Å²) in [5.41, 5.74) is 0. The van der Waals surface area contributed by atoms with Crippen LogP contribution >= 0.6 is 0 Å². The molecule has 0 heterocycles. The van der Waals surface area contributed by atoms with Crippen molar-refractivity contribution in [1.82, 2.24) is 0 Å². The van der Waals surface area contributed by atoms with Gasteiger partial charge in [0.25, 0.3) is 0 Å². The molecular formula is F6OSeXe. The molecule has 0 bridgehead atoms. The van der Waals surface area contributed by atoms with Gasteiger partial charge in [0.2, 0.25) is 0 Å². The molecule has 62 valence electrons. The Morgan fingerprint density at radius 3 is 1.33 bits per heavy atom. The van der Waals surface area contributed by atoms with Crippen molar-refractivity contribution in [3.05, 3.63) is 0 Å². The zero-order valence-corrected chi connectivity index (χ0v) is 7.17. The quantitative estimate of drug-likeness (QED) is 0.552. The fourth-order valence-electron chi connectivity index (χ4n) is 0.0421. The van der Waals surface area contributed by atoms with E-state index in [0.717, 1.165) is 0 Å². The minimum absolute atomic E-state index is 1.86. The molecule has 0 saturated carbocycles. The van der Waals surface area contributed by atoms with Crippen molar-refractivity contribution in [2.45, 2.75) is 0 Å². The first-order valence-corrected chi connectivity index (χ1v) is 6.74. The van der Waals surface area contributed by atoms with Crippen molar-refractivity contribution >= 4 is 13.3 Å². The Morgan fingerprint density at radius 1 is 1.00 bits per heavy atom. The van der Waals surface area contributed by atoms with E-state index in [-0.39, 0.29) is 0 Å². The van der Waals surface area contributed by atoms with Gasteiger partial charge in [-0.1, -0.05) is 0 Å². The molecule has 0 aliphatic rings. The summed E-state index contributed by atoms with van der Waals surface area (Å²) in [6.07, 6.45) is 0. The van der Waals surface area contributed by atoms with Gasteiger partial charge < -0.3 is 0 Å². The van der Waals surface area contributed by atoms with Gasteiger partial charge in [0.1, 0.15) is 0 Å². The molecule has 0 spiro atoms. The fraction of sp³-hybridized carbons (Fsp3) is 0. The average molecular weight is 340 g/mol. The first-order chi connectivity index (χ1) is 3.54. The van der Waals surface area contributed by atoms with Crippen LogP contribution in [0.25, 0.3) is 0 Å². The summed E-state index contributed by atoms with van der Waals surface area (Å²) in [4.78, 5) is 0. The second-order valence-electron chi connectivity index (χ2n) is 1.01. The van der Waals surface area contributed by atoms with Gasteiger partial charge in [0, 0.05) is 0 Å². The molecular weight excluding hydrogens is 340 g/mol. The van der Waals surface area contributed by atoms with Crippen LogP contribution in [0.4, 0.5) is 17.8 Å². The summed E-state index contributed by atoms with van der Waals surface area (Å²) < 4.78 is 66.7. The monoisotopic (exact) mass is 342 g/mol. The first-order valence-electron chi connectivity index (χ1n) is 1.22. The molecule has 0 amide bonds. The maximum atomic E-state index is 10.8. The van der Waals surface area contributed by atoms with Crippen LogP contribution in [0.5, 0.6) is 0 Å². The molecule has 0 saturated heterocycles. The number of rotatable bonds is 2. The molecule has 1 nitrogen and oxygen atoms in total. The van der Waals surface area contributed by atoms with Crippen molar-refractivity contribution < 1.29 is 62.8 Å². The van der Waals surface area contributed by atoms with Crippen LogP contribution in [0, 0.1) is 45.8 Å². The summed E-state index contributed by atoms with van der Waals surface area (Å²) >= 11 is -13.6. The van der Waals surface area contributed by atoms with Crippen molar-refractivity contribution in [2.75, 3.05) is 0 Å². The van der Waals surface area contributed by atoms with Gasteiger partial charge in [-0.2, -0.15) is 0 Å². The molecule has 0 unspecified atom stereocenters. The molecule has 0 aromatic rings. The Hall–Kier alpha value is 1.63. The molecule has 0 fully saturated rings. The summed E-state index contributed by atoms with van der Waals surface area (Å²) in [5.74, 6) is 0. The van der Waals surface area contributed by atoms with E-state index in [4.69, 9.17) is 0 Å². The molecule has 0 N–H and O–H groups in total. The third-order valence-electron chi connectivity index (χ3n) is 0.134. The first kappa shape index (κ1) is 10.6. The standard InChI is InChI=1S/F6OSeXe/c1-8(2,3,4,5)7-9-6. The second-order valence-corrected chi connectivity index (χ2v) is 7.09. The van der Waals surface area contributed by atoms with E-state index in [1.54, 1.807) is 0 Å². The van der Waals surface area contributed by atoms with E-state index in [1.165, 1.54) is 0 Å². The van der Waals surface area contributed by atoms with Crippen LogP contribution in [0.3, 0.4) is 0 Å². The Labute approximate surface area is 74.8 Å². The SMILES string of the molecule is F[Xe]O[Se](F)(F)(F)(F)F. The molecule has 0 aromatic carbocycles. The van der Waals surface area contributed by atoms with E-state index in [0.29, 0.717) is 0 Å². The second kappa shape index (κ2) is 2.07. The molecule has 9 heteroatoms. The number of hydrogen-bond donors (Lipinski definition) is 0. The van der Waals surface area contributed by atoms with Crippen LogP contribution in [0.2, 0.25) is 0 Å². The molecule has 0 aliphatic heterocycles. The van der Waals surface area contributed by atoms with Crippen molar-refractivity contribution in [1.29, 1.82) is 0 Å². The van der Waals surface area contributed by atoms with Gasteiger partial charge in [-0.25, -0.2) is 0 Å². The minimum atomic E-state index is -10.4. The number of hydrogen-bond acceptors (Lipinski definition) is 1. The van der Waals surface area contributed by atoms with E-state index < -0.39 is 59.1 Å². The molecule has 0 radical (unpaired) electrons. The predicted molar refractivity (Wildman–Crippen MR) is 13.5 cm³/mol. The van der Waals surface area contributed by atoms with Crippen LogP contribution in [0.1, 0.15) is 0 Å². The van der Waals surface area contributed by atoms with E-state index in [2.05, 4.69) is 0 Å². The van der Waals surface area contributed by atoms with Gasteiger partial charge in [-0.05, 0) is 0 Å². The molecule has 9 heavy (non-hydrogen) atoms. The Bertz CT molecular complexity index is 107. The van der Waals surface area contributed by atoms with Crippen LogP contribution in [-0.2, 0) is -0.861 Å². The molecule has 0 atom stereocenters. The van der Waals surface area contributed by atoms with Crippen LogP contribution in [-0.4, -0.2) is 13.3 Å². The zero-order valence-electron chi connectivity index (χ0n) is 3.44. The van der Waals surface area contributed by atoms with Gasteiger partial charge >= 0.3 is 76.1 Å². The fourth-order valence-corrected chi connectivity index (χ4v) is 1.47. The molecule has 0 aliphatic carbocycles. The molecule has 0 rings (SSSR count). The Balaban J connectivity index is 4.34. The normalized spacial score (nSPS) is 21.1. The molecule has 0 aromatic heterocycles. The summed E-state index contributed by atoms with van der Waals surface area (Å²) in [7, 11) is 0. The van der Waals surface area contributed by atoms with Gasteiger partial charge in [0.15, 0.2) is 0 Å². The Kier molecular flexibility index (Phi) is 2.44. The van der Waals surface area contributed by atoms with E-state index in [9.17, 15) is 17.8 Å². The van der Waals surface area contributed by atoms with Crippen molar-refractivity contribution in [2.24, 2.45) is 0 Å². The number of halogens is 6. The topological polar surface area (TPSA) is 9.23 Å². The zero-order chi connectivity index (χ0) is 7.82. The summed E-state index contributed by atoms with van der Waals surface area (Å²) in [6.45, 7) is 0. The van der Waals surface area contributed by atoms with E-state index in [1.807, 2.05) is -0.861 Å². The summed E-state index contributed by atoms with van der Waals surface area (Å²) in [6, 6.07) is 0. The van der Waals surface area contributed by atoms with Crippen LogP contribution < -0.4 is 0 Å². The van der Waals surface area contributed by atoms with Gasteiger partial charge in [0.05, 0.1) is 0 Å². The van der Waals surface area contributed by atoms with Gasteiger partial charge in [-0.3, -0.25) is 0 Å². The van der Waals surface area contributed by atoms with Crippen molar-refractivity contribution in [3.63, 3.8) is 0 Å². The van der Waals surface area contributed by atoms with Crippen molar-refractivity contribution in [3.8, 4) is 0 Å². The maximum absolute atomic E-state index is 10.8. The Morgan fingerprint density at radius 2 is 1.33 bits per heavy atom. The summed E-state index contributed by atoms with van der Waals surface area (Å²) in [5, 5.41) is 0. The van der Waals surface area contributed by atoms with Crippen LogP contribution in [0.15, 0.2) is 0 Å². The average Bonchev–Trinajstić information content (AvgIpc) is 1.22.